The van der Waals surface area contributed by atoms with Gasteiger partial charge in [-0.3, -0.25) is 4.79 Å². The van der Waals surface area contributed by atoms with Gasteiger partial charge in [-0.15, -0.1) is 0 Å². The van der Waals surface area contributed by atoms with Crippen LogP contribution in [0.5, 0.6) is 5.75 Å². The Labute approximate surface area is 126 Å². The zero-order valence-electron chi connectivity index (χ0n) is 12.7. The van der Waals surface area contributed by atoms with Crippen molar-refractivity contribution in [1.82, 2.24) is 5.32 Å². The lowest BCUT2D eigenvalue weighted by Crippen LogP contribution is -2.44. The summed E-state index contributed by atoms with van der Waals surface area (Å²) in [5.41, 5.74) is 1.90. The highest BCUT2D eigenvalue weighted by Gasteiger charge is 2.38. The van der Waals surface area contributed by atoms with Crippen molar-refractivity contribution < 1.29 is 9.53 Å². The predicted octanol–water partition coefficient (Wildman–Crippen LogP) is 2.73. The van der Waals surface area contributed by atoms with Gasteiger partial charge >= 0.3 is 0 Å². The summed E-state index contributed by atoms with van der Waals surface area (Å²) in [6.45, 7) is 4.78. The van der Waals surface area contributed by atoms with Gasteiger partial charge in [-0.05, 0) is 56.1 Å². The van der Waals surface area contributed by atoms with Crippen LogP contribution in [-0.2, 0) is 11.2 Å². The number of carbonyl (C=O) groups excluding carboxylic acids is 1. The van der Waals surface area contributed by atoms with E-state index in [4.69, 9.17) is 4.74 Å². The highest BCUT2D eigenvalue weighted by atomic mass is 16.5. The average molecular weight is 288 g/mol. The van der Waals surface area contributed by atoms with Crippen molar-refractivity contribution in [1.29, 1.82) is 0 Å². The molecule has 0 bridgehead atoms. The number of ether oxygens (including phenoxy) is 1. The zero-order valence-corrected chi connectivity index (χ0v) is 12.7. The Morgan fingerprint density at radius 1 is 1.38 bits per heavy atom. The Hall–Kier alpha value is -1.55. The van der Waals surface area contributed by atoms with Crippen LogP contribution in [-0.4, -0.2) is 25.6 Å². The molecular weight excluding hydrogens is 264 g/mol. The summed E-state index contributed by atoms with van der Waals surface area (Å²) in [6, 6.07) is 5.97. The minimum atomic E-state index is -0.199. The topological polar surface area (TPSA) is 50.4 Å². The first-order valence-electron chi connectivity index (χ1n) is 8.01. The van der Waals surface area contributed by atoms with Gasteiger partial charge in [-0.1, -0.05) is 13.3 Å². The minimum Gasteiger partial charge on any atom is -0.493 e. The molecule has 4 nitrogen and oxygen atoms in total. The second kappa shape index (κ2) is 6.06. The van der Waals surface area contributed by atoms with E-state index in [0.29, 0.717) is 0 Å². The van der Waals surface area contributed by atoms with E-state index in [1.54, 1.807) is 0 Å². The molecule has 1 aromatic rings. The molecule has 0 aliphatic carbocycles. The molecule has 1 aromatic carbocycles. The number of hydrogen-bond donors (Lipinski definition) is 2. The van der Waals surface area contributed by atoms with Crippen molar-refractivity contribution in [2.24, 2.45) is 5.41 Å². The lowest BCUT2D eigenvalue weighted by molar-refractivity contribution is -0.127. The second-order valence-corrected chi connectivity index (χ2v) is 6.16. The summed E-state index contributed by atoms with van der Waals surface area (Å²) in [7, 11) is 0. The van der Waals surface area contributed by atoms with Crippen molar-refractivity contribution in [3.05, 3.63) is 23.8 Å². The molecule has 2 N–H and O–H groups in total. The first-order valence-corrected chi connectivity index (χ1v) is 8.01. The molecular formula is C17H24N2O2. The predicted molar refractivity (Wildman–Crippen MR) is 83.7 cm³/mol. The molecule has 1 fully saturated rings. The highest BCUT2D eigenvalue weighted by Crippen LogP contribution is 2.36. The average Bonchev–Trinajstić information content (AvgIpc) is 2.96. The van der Waals surface area contributed by atoms with E-state index >= 15 is 0 Å². The summed E-state index contributed by atoms with van der Waals surface area (Å²) >= 11 is 0. The molecule has 114 valence electrons. The van der Waals surface area contributed by atoms with Gasteiger partial charge in [0, 0.05) is 12.1 Å². The van der Waals surface area contributed by atoms with E-state index in [2.05, 4.69) is 23.6 Å². The molecule has 0 aromatic heterocycles. The van der Waals surface area contributed by atoms with Crippen LogP contribution in [0.25, 0.3) is 0 Å². The minimum absolute atomic E-state index is 0.185. The summed E-state index contributed by atoms with van der Waals surface area (Å²) in [5.74, 6) is 1.14. The van der Waals surface area contributed by atoms with E-state index in [0.717, 1.165) is 63.2 Å². The number of fused-ring (bicyclic) bond motifs is 1. The van der Waals surface area contributed by atoms with Crippen molar-refractivity contribution in [2.45, 2.75) is 39.0 Å². The lowest BCUT2D eigenvalue weighted by atomic mass is 9.74. The smallest absolute Gasteiger partial charge is 0.230 e. The fraction of sp³-hybridized carbons (Fsp3) is 0.588. The molecule has 21 heavy (non-hydrogen) atoms. The molecule has 0 radical (unpaired) electrons. The highest BCUT2D eigenvalue weighted by molar-refractivity contribution is 5.95. The van der Waals surface area contributed by atoms with Crippen molar-refractivity contribution in [3.63, 3.8) is 0 Å². The van der Waals surface area contributed by atoms with Crippen molar-refractivity contribution in [2.75, 3.05) is 25.0 Å². The van der Waals surface area contributed by atoms with Crippen LogP contribution < -0.4 is 15.4 Å². The van der Waals surface area contributed by atoms with Crippen LogP contribution >= 0.6 is 0 Å². The van der Waals surface area contributed by atoms with Gasteiger partial charge < -0.3 is 15.4 Å². The second-order valence-electron chi connectivity index (χ2n) is 6.16. The standard InChI is InChI=1S/C17H24N2O2/c1-2-6-17(7-9-18-10-8-17)16(20)19-14-3-4-15-13(12-14)5-11-21-15/h3-4,12,18H,2,5-11H2,1H3,(H,19,20). The number of anilines is 1. The lowest BCUT2D eigenvalue weighted by Gasteiger charge is -2.36. The van der Waals surface area contributed by atoms with Crippen molar-refractivity contribution in [3.8, 4) is 5.75 Å². The van der Waals surface area contributed by atoms with Gasteiger partial charge in [-0.2, -0.15) is 0 Å². The Balaban J connectivity index is 1.74. The van der Waals surface area contributed by atoms with Crippen LogP contribution in [0.3, 0.4) is 0 Å². The molecule has 0 unspecified atom stereocenters. The molecule has 1 amide bonds. The van der Waals surface area contributed by atoms with E-state index < -0.39 is 0 Å². The van der Waals surface area contributed by atoms with Crippen molar-refractivity contribution >= 4 is 11.6 Å². The van der Waals surface area contributed by atoms with E-state index in [9.17, 15) is 4.79 Å². The third-order valence-electron chi connectivity index (χ3n) is 4.72. The Bertz CT molecular complexity index is 516. The van der Waals surface area contributed by atoms with Gasteiger partial charge in [0.2, 0.25) is 5.91 Å². The monoisotopic (exact) mass is 288 g/mol. The van der Waals surface area contributed by atoms with Gasteiger partial charge in [0.05, 0.1) is 12.0 Å². The summed E-state index contributed by atoms with van der Waals surface area (Å²) in [6.07, 6.45) is 4.81. The summed E-state index contributed by atoms with van der Waals surface area (Å²) in [5, 5.41) is 6.50. The number of benzene rings is 1. The van der Waals surface area contributed by atoms with Crippen LogP contribution in [0.4, 0.5) is 5.69 Å². The molecule has 2 heterocycles. The summed E-state index contributed by atoms with van der Waals surface area (Å²) in [4.78, 5) is 12.8. The maximum Gasteiger partial charge on any atom is 0.230 e. The van der Waals surface area contributed by atoms with Gasteiger partial charge in [-0.25, -0.2) is 0 Å². The fourth-order valence-electron chi connectivity index (χ4n) is 3.50. The molecule has 1 saturated heterocycles. The van der Waals surface area contributed by atoms with E-state index in [1.807, 2.05) is 12.1 Å². The summed E-state index contributed by atoms with van der Waals surface area (Å²) < 4.78 is 5.51. The number of piperidine rings is 1. The van der Waals surface area contributed by atoms with Crippen LogP contribution in [0.15, 0.2) is 18.2 Å². The number of hydrogen-bond acceptors (Lipinski definition) is 3. The SMILES string of the molecule is CCCC1(C(=O)Nc2ccc3c(c2)CCO3)CCNCC1. The third-order valence-corrected chi connectivity index (χ3v) is 4.72. The van der Waals surface area contributed by atoms with Gasteiger partial charge in [0.25, 0.3) is 0 Å². The van der Waals surface area contributed by atoms with Crippen LogP contribution in [0.1, 0.15) is 38.2 Å². The Morgan fingerprint density at radius 3 is 2.95 bits per heavy atom. The van der Waals surface area contributed by atoms with E-state index in [1.165, 1.54) is 5.56 Å². The molecule has 2 aliphatic heterocycles. The molecule has 4 heteroatoms. The quantitative estimate of drug-likeness (QED) is 0.895. The first-order chi connectivity index (χ1) is 10.2. The van der Waals surface area contributed by atoms with Gasteiger partial charge in [0.15, 0.2) is 0 Å². The Kier molecular flexibility index (Phi) is 4.15. The molecule has 2 aliphatic rings. The molecule has 0 saturated carbocycles. The number of carbonyl (C=O) groups is 1. The third kappa shape index (κ3) is 2.91. The molecule has 3 rings (SSSR count). The maximum atomic E-state index is 12.8. The van der Waals surface area contributed by atoms with Gasteiger partial charge in [0.1, 0.15) is 5.75 Å². The van der Waals surface area contributed by atoms with Crippen LogP contribution in [0.2, 0.25) is 0 Å². The number of amides is 1. The maximum absolute atomic E-state index is 12.8. The largest absolute Gasteiger partial charge is 0.493 e. The molecule has 0 spiro atoms. The number of rotatable bonds is 4. The first kappa shape index (κ1) is 14.4. The fourth-order valence-corrected chi connectivity index (χ4v) is 3.50. The Morgan fingerprint density at radius 2 is 2.19 bits per heavy atom. The normalized spacial score (nSPS) is 19.7. The van der Waals surface area contributed by atoms with E-state index in [-0.39, 0.29) is 11.3 Å². The van der Waals surface area contributed by atoms with Crippen LogP contribution in [0, 0.1) is 5.41 Å². The molecule has 0 atom stereocenters. The number of nitrogens with one attached hydrogen (secondary N) is 2. The zero-order chi connectivity index (χ0) is 14.7.